The number of carboxylic acid groups (broad SMARTS) is 2. The molecule has 0 amide bonds. The lowest BCUT2D eigenvalue weighted by molar-refractivity contribution is -0.159. The molecule has 3 rings (SSSR count). The summed E-state index contributed by atoms with van der Waals surface area (Å²) in [5.41, 5.74) is 3.88. The minimum Gasteiger partial charge on any atom is -0.492 e. The van der Waals surface area contributed by atoms with E-state index in [2.05, 4.69) is 98.0 Å². The first-order chi connectivity index (χ1) is 15.3. The third-order valence-corrected chi connectivity index (χ3v) is 4.97. The molecule has 0 aliphatic carbocycles. The summed E-state index contributed by atoms with van der Waals surface area (Å²) in [5.74, 6) is -2.73. The van der Waals surface area contributed by atoms with Crippen LogP contribution in [-0.4, -0.2) is 35.3 Å². The Balaban J connectivity index is 0.000000534. The van der Waals surface area contributed by atoms with Crippen molar-refractivity contribution in [2.45, 2.75) is 25.8 Å². The quantitative estimate of drug-likeness (QED) is 0.360. The topological polar surface area (TPSA) is 95.9 Å². The van der Waals surface area contributed by atoms with Crippen LogP contribution in [0.1, 0.15) is 30.5 Å². The Labute approximate surface area is 188 Å². The Hall–Kier alpha value is -3.64. The summed E-state index contributed by atoms with van der Waals surface area (Å²) in [6.45, 7) is 6.87. The Morgan fingerprint density at radius 1 is 0.781 bits per heavy atom. The number of rotatable bonds is 8. The van der Waals surface area contributed by atoms with Gasteiger partial charge >= 0.3 is 11.9 Å². The molecule has 3 aromatic carbocycles. The van der Waals surface area contributed by atoms with Gasteiger partial charge in [0.1, 0.15) is 12.4 Å². The SMILES string of the molecule is CC(C)(c1ccccc1)c1ccc(OCCNCc2ccccc2)cc1.O=C(O)C(=O)O. The number of benzene rings is 3. The number of ether oxygens (including phenoxy) is 1. The zero-order valence-electron chi connectivity index (χ0n) is 18.3. The molecule has 0 bridgehead atoms. The van der Waals surface area contributed by atoms with Crippen LogP contribution in [0.15, 0.2) is 84.9 Å². The molecule has 3 aromatic rings. The highest BCUT2D eigenvalue weighted by Gasteiger charge is 2.22. The van der Waals surface area contributed by atoms with Gasteiger partial charge in [0.25, 0.3) is 0 Å². The number of nitrogens with one attached hydrogen (secondary N) is 1. The predicted octanol–water partition coefficient (Wildman–Crippen LogP) is 4.34. The van der Waals surface area contributed by atoms with Crippen molar-refractivity contribution in [1.82, 2.24) is 5.32 Å². The van der Waals surface area contributed by atoms with Gasteiger partial charge in [-0.05, 0) is 28.8 Å². The molecule has 0 heterocycles. The molecule has 32 heavy (non-hydrogen) atoms. The largest absolute Gasteiger partial charge is 0.492 e. The average molecular weight is 436 g/mol. The number of hydrogen-bond donors (Lipinski definition) is 3. The van der Waals surface area contributed by atoms with E-state index >= 15 is 0 Å². The van der Waals surface area contributed by atoms with Crippen LogP contribution in [0, 0.1) is 0 Å². The lowest BCUT2D eigenvalue weighted by Gasteiger charge is -2.26. The standard InChI is InChI=1S/C24H27NO.C2H2O4/c1-24(2,21-11-7-4-8-12-21)22-13-15-23(16-14-22)26-18-17-25-19-20-9-5-3-6-10-20;3-1(4)2(5)6/h3-16,25H,17-19H2,1-2H3;(H,3,4)(H,5,6). The van der Waals surface area contributed by atoms with E-state index in [1.54, 1.807) is 0 Å². The van der Waals surface area contributed by atoms with Crippen molar-refractivity contribution in [3.8, 4) is 5.75 Å². The van der Waals surface area contributed by atoms with E-state index in [-0.39, 0.29) is 5.41 Å². The van der Waals surface area contributed by atoms with Crippen molar-refractivity contribution in [2.75, 3.05) is 13.2 Å². The second kappa shape index (κ2) is 12.3. The first kappa shape index (κ1) is 24.6. The van der Waals surface area contributed by atoms with E-state index in [4.69, 9.17) is 24.5 Å². The second-order valence-corrected chi connectivity index (χ2v) is 7.64. The molecule has 168 valence electrons. The molecule has 0 saturated carbocycles. The summed E-state index contributed by atoms with van der Waals surface area (Å²) in [6, 6.07) is 29.5. The smallest absolute Gasteiger partial charge is 0.414 e. The van der Waals surface area contributed by atoms with E-state index in [1.807, 2.05) is 6.07 Å². The Kier molecular flexibility index (Phi) is 9.44. The second-order valence-electron chi connectivity index (χ2n) is 7.64. The van der Waals surface area contributed by atoms with E-state index in [1.165, 1.54) is 16.7 Å². The molecule has 3 N–H and O–H groups in total. The van der Waals surface area contributed by atoms with Crippen LogP contribution in [0.4, 0.5) is 0 Å². The van der Waals surface area contributed by atoms with Crippen LogP contribution in [0.3, 0.4) is 0 Å². The van der Waals surface area contributed by atoms with Crippen LogP contribution in [0.2, 0.25) is 0 Å². The van der Waals surface area contributed by atoms with Crippen molar-refractivity contribution in [3.63, 3.8) is 0 Å². The van der Waals surface area contributed by atoms with E-state index in [0.29, 0.717) is 6.61 Å². The van der Waals surface area contributed by atoms with Gasteiger partial charge in [0, 0.05) is 18.5 Å². The summed E-state index contributed by atoms with van der Waals surface area (Å²) in [7, 11) is 0. The van der Waals surface area contributed by atoms with Gasteiger partial charge in [-0.2, -0.15) is 0 Å². The highest BCUT2D eigenvalue weighted by atomic mass is 16.5. The Morgan fingerprint density at radius 3 is 1.81 bits per heavy atom. The van der Waals surface area contributed by atoms with Crippen LogP contribution in [-0.2, 0) is 21.5 Å². The van der Waals surface area contributed by atoms with Crippen molar-refractivity contribution >= 4 is 11.9 Å². The molecule has 0 fully saturated rings. The summed E-state index contributed by atoms with van der Waals surface area (Å²) in [4.78, 5) is 18.2. The van der Waals surface area contributed by atoms with Crippen molar-refractivity contribution in [3.05, 3.63) is 102 Å². The van der Waals surface area contributed by atoms with Crippen molar-refractivity contribution in [1.29, 1.82) is 0 Å². The first-order valence-electron chi connectivity index (χ1n) is 10.3. The van der Waals surface area contributed by atoms with Gasteiger partial charge < -0.3 is 20.3 Å². The zero-order valence-corrected chi connectivity index (χ0v) is 18.3. The normalized spacial score (nSPS) is 10.6. The molecule has 0 atom stereocenters. The molecule has 6 nitrogen and oxygen atoms in total. The summed E-state index contributed by atoms with van der Waals surface area (Å²) < 4.78 is 5.85. The van der Waals surface area contributed by atoms with Gasteiger partial charge in [0.15, 0.2) is 0 Å². The molecule has 0 saturated heterocycles. The Morgan fingerprint density at radius 2 is 1.28 bits per heavy atom. The van der Waals surface area contributed by atoms with Crippen LogP contribution in [0.25, 0.3) is 0 Å². The predicted molar refractivity (Wildman–Crippen MR) is 124 cm³/mol. The molecule has 0 spiro atoms. The number of aliphatic carboxylic acids is 2. The fourth-order valence-electron chi connectivity index (χ4n) is 3.06. The van der Waals surface area contributed by atoms with E-state index in [9.17, 15) is 0 Å². The first-order valence-corrected chi connectivity index (χ1v) is 10.3. The number of carbonyl (C=O) groups is 2. The number of hydrogen-bond acceptors (Lipinski definition) is 4. The lowest BCUT2D eigenvalue weighted by Crippen LogP contribution is -2.21. The van der Waals surface area contributed by atoms with Gasteiger partial charge in [0.2, 0.25) is 0 Å². The van der Waals surface area contributed by atoms with Gasteiger partial charge in [-0.15, -0.1) is 0 Å². The minimum absolute atomic E-state index is 0.0168. The number of carboxylic acids is 2. The molecular weight excluding hydrogens is 406 g/mol. The van der Waals surface area contributed by atoms with Gasteiger partial charge in [-0.1, -0.05) is 86.6 Å². The fourth-order valence-corrected chi connectivity index (χ4v) is 3.06. The molecule has 0 radical (unpaired) electrons. The third kappa shape index (κ3) is 7.89. The summed E-state index contributed by atoms with van der Waals surface area (Å²) in [5, 5.41) is 18.2. The van der Waals surface area contributed by atoms with E-state index in [0.717, 1.165) is 18.8 Å². The average Bonchev–Trinajstić information content (AvgIpc) is 2.81. The van der Waals surface area contributed by atoms with Crippen molar-refractivity contribution < 1.29 is 24.5 Å². The van der Waals surface area contributed by atoms with Crippen LogP contribution < -0.4 is 10.1 Å². The lowest BCUT2D eigenvalue weighted by atomic mass is 9.78. The summed E-state index contributed by atoms with van der Waals surface area (Å²) >= 11 is 0. The van der Waals surface area contributed by atoms with Gasteiger partial charge in [0.05, 0.1) is 0 Å². The maximum absolute atomic E-state index is 9.10. The third-order valence-electron chi connectivity index (χ3n) is 4.97. The highest BCUT2D eigenvalue weighted by Crippen LogP contribution is 2.32. The maximum atomic E-state index is 9.10. The molecular formula is C26H29NO5. The maximum Gasteiger partial charge on any atom is 0.414 e. The van der Waals surface area contributed by atoms with Gasteiger partial charge in [-0.25, -0.2) is 9.59 Å². The summed E-state index contributed by atoms with van der Waals surface area (Å²) in [6.07, 6.45) is 0. The zero-order chi connectivity index (χ0) is 23.4. The molecule has 6 heteroatoms. The monoisotopic (exact) mass is 435 g/mol. The van der Waals surface area contributed by atoms with Crippen LogP contribution in [0.5, 0.6) is 5.75 Å². The van der Waals surface area contributed by atoms with Crippen LogP contribution >= 0.6 is 0 Å². The fraction of sp³-hybridized carbons (Fsp3) is 0.231. The molecule has 0 aromatic heterocycles. The Bertz CT molecular complexity index is 958. The minimum atomic E-state index is -1.82. The van der Waals surface area contributed by atoms with Gasteiger partial charge in [-0.3, -0.25) is 0 Å². The molecule has 0 aliphatic heterocycles. The molecule has 0 aliphatic rings. The van der Waals surface area contributed by atoms with Crippen molar-refractivity contribution in [2.24, 2.45) is 0 Å². The molecule has 0 unspecified atom stereocenters. The highest BCUT2D eigenvalue weighted by molar-refractivity contribution is 6.27. The van der Waals surface area contributed by atoms with E-state index < -0.39 is 11.9 Å².